The van der Waals surface area contributed by atoms with Crippen molar-refractivity contribution in [1.29, 1.82) is 0 Å². The van der Waals surface area contributed by atoms with Crippen LogP contribution in [0, 0.1) is 10.1 Å². The largest absolute Gasteiger partial charge is 0.508 e. The minimum Gasteiger partial charge on any atom is -0.508 e. The maximum atomic E-state index is 11.4. The first-order valence-electron chi connectivity index (χ1n) is 9.53. The van der Waals surface area contributed by atoms with Gasteiger partial charge < -0.3 is 10.4 Å². The van der Waals surface area contributed by atoms with E-state index in [0.29, 0.717) is 16.3 Å². The van der Waals surface area contributed by atoms with Crippen molar-refractivity contribution in [3.8, 4) is 5.75 Å². The molecule has 0 saturated heterocycles. The third-order valence-corrected chi connectivity index (χ3v) is 6.04. The third kappa shape index (κ3) is 3.53. The fourth-order valence-electron chi connectivity index (χ4n) is 3.66. The van der Waals surface area contributed by atoms with Crippen LogP contribution in [-0.4, -0.2) is 20.0 Å². The smallest absolute Gasteiger partial charge is 0.269 e. The zero-order chi connectivity index (χ0) is 21.4. The Morgan fingerprint density at radius 2 is 1.87 bits per heavy atom. The van der Waals surface area contributed by atoms with Crippen molar-refractivity contribution in [1.82, 2.24) is 9.97 Å². The van der Waals surface area contributed by atoms with E-state index in [9.17, 15) is 15.2 Å². The van der Waals surface area contributed by atoms with Gasteiger partial charge in [0, 0.05) is 29.3 Å². The molecule has 1 atom stereocenters. The minimum absolute atomic E-state index is 0.0218. The van der Waals surface area contributed by atoms with Crippen molar-refractivity contribution < 1.29 is 10.0 Å². The number of fused-ring (bicyclic) bond motifs is 2. The summed E-state index contributed by atoms with van der Waals surface area (Å²) in [5.74, 6) is 0.0746. The summed E-state index contributed by atoms with van der Waals surface area (Å²) in [5, 5.41) is 27.0. The number of nitro benzene ring substituents is 1. The summed E-state index contributed by atoms with van der Waals surface area (Å²) >= 11 is 1.48. The molecule has 5 rings (SSSR count). The molecule has 8 heteroatoms. The number of benzene rings is 3. The number of non-ortho nitro benzene ring substituents is 1. The van der Waals surface area contributed by atoms with Crippen molar-refractivity contribution in [2.75, 3.05) is 5.32 Å². The number of nitrogens with zero attached hydrogens (tertiary/aromatic N) is 3. The molecule has 5 aromatic rings. The van der Waals surface area contributed by atoms with Crippen LogP contribution in [0.5, 0.6) is 5.75 Å². The van der Waals surface area contributed by atoms with E-state index in [0.717, 1.165) is 21.1 Å². The first kappa shape index (κ1) is 19.0. The number of pyridine rings is 1. The van der Waals surface area contributed by atoms with E-state index < -0.39 is 11.0 Å². The first-order chi connectivity index (χ1) is 15.1. The maximum absolute atomic E-state index is 11.4. The molecule has 0 bridgehead atoms. The Bertz CT molecular complexity index is 1400. The molecule has 0 aliphatic heterocycles. The van der Waals surface area contributed by atoms with Gasteiger partial charge in [-0.1, -0.05) is 41.7 Å². The number of nitrogens with one attached hydrogen (secondary N) is 1. The second kappa shape index (κ2) is 7.66. The molecule has 152 valence electrons. The lowest BCUT2D eigenvalue weighted by Crippen LogP contribution is -2.13. The molecule has 1 unspecified atom stereocenters. The monoisotopic (exact) mass is 428 g/mol. The number of aromatic nitrogens is 2. The molecular weight excluding hydrogens is 412 g/mol. The van der Waals surface area contributed by atoms with Gasteiger partial charge in [-0.15, -0.1) is 0 Å². The molecule has 0 saturated carbocycles. The molecule has 0 aliphatic carbocycles. The van der Waals surface area contributed by atoms with Crippen LogP contribution in [0.3, 0.4) is 0 Å². The zero-order valence-corrected chi connectivity index (χ0v) is 16.9. The summed E-state index contributed by atoms with van der Waals surface area (Å²) in [6.07, 6.45) is 1.69. The molecule has 2 heterocycles. The van der Waals surface area contributed by atoms with E-state index in [1.54, 1.807) is 36.5 Å². The topological polar surface area (TPSA) is 101 Å². The van der Waals surface area contributed by atoms with Crippen LogP contribution in [0.1, 0.15) is 17.2 Å². The van der Waals surface area contributed by atoms with Gasteiger partial charge in [0.1, 0.15) is 5.75 Å². The van der Waals surface area contributed by atoms with E-state index in [4.69, 9.17) is 0 Å². The van der Waals surface area contributed by atoms with Crippen LogP contribution in [0.2, 0.25) is 0 Å². The predicted octanol–water partition coefficient (Wildman–Crippen LogP) is 5.66. The summed E-state index contributed by atoms with van der Waals surface area (Å²) in [5.41, 5.74) is 2.78. The molecule has 0 fully saturated rings. The molecule has 0 spiro atoms. The van der Waals surface area contributed by atoms with Crippen LogP contribution in [0.4, 0.5) is 10.8 Å². The van der Waals surface area contributed by atoms with E-state index in [1.807, 2.05) is 30.3 Å². The van der Waals surface area contributed by atoms with Crippen molar-refractivity contribution in [3.05, 3.63) is 100 Å². The summed E-state index contributed by atoms with van der Waals surface area (Å²) in [6.45, 7) is 0. The van der Waals surface area contributed by atoms with E-state index in [1.165, 1.54) is 23.5 Å². The molecule has 0 radical (unpaired) electrons. The average molecular weight is 428 g/mol. The molecule has 3 aromatic carbocycles. The second-order valence-electron chi connectivity index (χ2n) is 6.98. The Hall–Kier alpha value is -4.04. The highest BCUT2D eigenvalue weighted by atomic mass is 32.1. The highest BCUT2D eigenvalue weighted by Crippen LogP contribution is 2.39. The van der Waals surface area contributed by atoms with Gasteiger partial charge in [-0.2, -0.15) is 0 Å². The van der Waals surface area contributed by atoms with Crippen molar-refractivity contribution in [2.45, 2.75) is 6.04 Å². The van der Waals surface area contributed by atoms with Gasteiger partial charge >= 0.3 is 0 Å². The Morgan fingerprint density at radius 1 is 1.00 bits per heavy atom. The van der Waals surface area contributed by atoms with Gasteiger partial charge in [-0.3, -0.25) is 15.1 Å². The Morgan fingerprint density at radius 3 is 2.71 bits per heavy atom. The first-order valence-corrected chi connectivity index (χ1v) is 10.3. The van der Waals surface area contributed by atoms with Crippen LogP contribution < -0.4 is 5.32 Å². The van der Waals surface area contributed by atoms with Gasteiger partial charge in [0.2, 0.25) is 0 Å². The number of aromatic hydroxyl groups is 1. The Balaban J connectivity index is 1.71. The van der Waals surface area contributed by atoms with E-state index in [-0.39, 0.29) is 11.4 Å². The molecule has 2 aromatic heterocycles. The van der Waals surface area contributed by atoms with Gasteiger partial charge in [-0.05, 0) is 35.9 Å². The predicted molar refractivity (Wildman–Crippen MR) is 122 cm³/mol. The number of rotatable bonds is 5. The Labute approximate surface area is 180 Å². The molecular formula is C23H16N4O3S. The zero-order valence-electron chi connectivity index (χ0n) is 16.1. The normalized spacial score (nSPS) is 12.1. The number of hydrogen-bond donors (Lipinski definition) is 2. The van der Waals surface area contributed by atoms with Gasteiger partial charge in [0.05, 0.1) is 26.7 Å². The number of para-hydroxylation sites is 1. The van der Waals surface area contributed by atoms with Crippen molar-refractivity contribution >= 4 is 43.3 Å². The number of hydrogen-bond acceptors (Lipinski definition) is 7. The lowest BCUT2D eigenvalue weighted by Gasteiger charge is -2.22. The lowest BCUT2D eigenvalue weighted by atomic mass is 9.94. The number of thiazole rings is 1. The fourth-order valence-corrected chi connectivity index (χ4v) is 4.56. The van der Waals surface area contributed by atoms with Crippen LogP contribution >= 0.6 is 11.3 Å². The summed E-state index contributed by atoms with van der Waals surface area (Å²) < 4.78 is 1.02. The number of anilines is 1. The highest BCUT2D eigenvalue weighted by Gasteiger charge is 2.24. The minimum atomic E-state index is -0.576. The number of phenolic OH excluding ortho intramolecular Hbond substituents is 1. The quantitative estimate of drug-likeness (QED) is 0.277. The summed E-state index contributed by atoms with van der Waals surface area (Å²) in [6, 6.07) is 20.6. The van der Waals surface area contributed by atoms with E-state index in [2.05, 4.69) is 15.3 Å². The van der Waals surface area contributed by atoms with Crippen molar-refractivity contribution in [3.63, 3.8) is 0 Å². The molecule has 7 nitrogen and oxygen atoms in total. The Kier molecular flexibility index (Phi) is 4.68. The molecule has 0 amide bonds. The highest BCUT2D eigenvalue weighted by molar-refractivity contribution is 7.22. The second-order valence-corrected chi connectivity index (χ2v) is 8.02. The number of phenols is 1. The molecule has 0 aliphatic rings. The summed E-state index contributed by atoms with van der Waals surface area (Å²) in [7, 11) is 0. The van der Waals surface area contributed by atoms with E-state index >= 15 is 0 Å². The number of nitro groups is 1. The standard InChI is InChI=1S/C23H16N4O3S/c28-19-11-10-17-16(7-4-12-24-17)21(19)22(14-5-3-6-15(13-14)27(29)30)26-23-25-18-8-1-2-9-20(18)31-23/h1-13,22,28H,(H,25,26). The van der Waals surface area contributed by atoms with Gasteiger partial charge in [0.15, 0.2) is 5.13 Å². The molecule has 2 N–H and O–H groups in total. The summed E-state index contributed by atoms with van der Waals surface area (Å²) in [4.78, 5) is 20.0. The van der Waals surface area contributed by atoms with Crippen LogP contribution in [0.25, 0.3) is 21.1 Å². The molecule has 31 heavy (non-hydrogen) atoms. The lowest BCUT2D eigenvalue weighted by molar-refractivity contribution is -0.384. The van der Waals surface area contributed by atoms with Crippen LogP contribution in [-0.2, 0) is 0 Å². The SMILES string of the molecule is O=[N+]([O-])c1cccc(C(Nc2nc3ccccc3s2)c2c(O)ccc3ncccc23)c1. The third-order valence-electron chi connectivity index (χ3n) is 5.07. The fraction of sp³-hybridized carbons (Fsp3) is 0.0435. The average Bonchev–Trinajstić information content (AvgIpc) is 3.20. The maximum Gasteiger partial charge on any atom is 0.269 e. The van der Waals surface area contributed by atoms with Gasteiger partial charge in [-0.25, -0.2) is 4.98 Å². The van der Waals surface area contributed by atoms with Crippen molar-refractivity contribution in [2.24, 2.45) is 0 Å². The van der Waals surface area contributed by atoms with Crippen LogP contribution in [0.15, 0.2) is 79.0 Å². The van der Waals surface area contributed by atoms with Gasteiger partial charge in [0.25, 0.3) is 5.69 Å².